The summed E-state index contributed by atoms with van der Waals surface area (Å²) < 4.78 is 0. The molecule has 1 aromatic rings. The predicted octanol–water partition coefficient (Wildman–Crippen LogP) is 6.15. The van der Waals surface area contributed by atoms with Gasteiger partial charge < -0.3 is 5.32 Å². The summed E-state index contributed by atoms with van der Waals surface area (Å²) in [6.45, 7) is 4.44. The van der Waals surface area contributed by atoms with Gasteiger partial charge in [-0.15, -0.1) is 0 Å². The van der Waals surface area contributed by atoms with E-state index in [0.717, 1.165) is 5.69 Å². The molecule has 0 spiro atoms. The molecule has 0 aliphatic heterocycles. The summed E-state index contributed by atoms with van der Waals surface area (Å²) >= 11 is 12.0. The van der Waals surface area contributed by atoms with Gasteiger partial charge in [-0.25, -0.2) is 0 Å². The first-order valence-electron chi connectivity index (χ1n) is 6.85. The lowest BCUT2D eigenvalue weighted by Crippen LogP contribution is -2.15. The highest BCUT2D eigenvalue weighted by molar-refractivity contribution is 6.36. The number of unbranched alkanes of at least 4 members (excludes halogenated alkanes) is 4. The number of anilines is 1. The van der Waals surface area contributed by atoms with Crippen LogP contribution in [0.15, 0.2) is 18.2 Å². The third kappa shape index (κ3) is 5.97. The smallest absolute Gasteiger partial charge is 0.0652 e. The normalized spacial score (nSPS) is 12.4. The van der Waals surface area contributed by atoms with Crippen LogP contribution in [0.4, 0.5) is 5.69 Å². The monoisotopic (exact) mass is 287 g/mol. The van der Waals surface area contributed by atoms with Gasteiger partial charge >= 0.3 is 0 Å². The SMILES string of the molecule is CCCCCCCC(C)Nc1ccc(Cl)cc1Cl. The van der Waals surface area contributed by atoms with Crippen LogP contribution in [0.2, 0.25) is 10.0 Å². The molecule has 102 valence electrons. The van der Waals surface area contributed by atoms with E-state index in [2.05, 4.69) is 19.2 Å². The van der Waals surface area contributed by atoms with E-state index in [1.54, 1.807) is 6.07 Å². The minimum atomic E-state index is 0.449. The summed E-state index contributed by atoms with van der Waals surface area (Å²) in [5, 5.41) is 4.81. The van der Waals surface area contributed by atoms with E-state index in [9.17, 15) is 0 Å². The largest absolute Gasteiger partial charge is 0.381 e. The van der Waals surface area contributed by atoms with Crippen LogP contribution in [0.25, 0.3) is 0 Å². The topological polar surface area (TPSA) is 12.0 Å². The molecule has 1 rings (SSSR count). The van der Waals surface area contributed by atoms with Crippen molar-refractivity contribution in [2.45, 2.75) is 58.4 Å². The van der Waals surface area contributed by atoms with Gasteiger partial charge in [0.15, 0.2) is 0 Å². The number of rotatable bonds is 8. The Balaban J connectivity index is 2.28. The van der Waals surface area contributed by atoms with Gasteiger partial charge in [-0.3, -0.25) is 0 Å². The van der Waals surface area contributed by atoms with Gasteiger partial charge in [-0.05, 0) is 31.5 Å². The van der Waals surface area contributed by atoms with Crippen molar-refractivity contribution in [1.82, 2.24) is 0 Å². The fourth-order valence-corrected chi connectivity index (χ4v) is 2.46. The van der Waals surface area contributed by atoms with E-state index in [1.165, 1.54) is 38.5 Å². The minimum Gasteiger partial charge on any atom is -0.381 e. The van der Waals surface area contributed by atoms with Crippen molar-refractivity contribution in [3.63, 3.8) is 0 Å². The van der Waals surface area contributed by atoms with Crippen molar-refractivity contribution in [1.29, 1.82) is 0 Å². The first-order valence-corrected chi connectivity index (χ1v) is 7.60. The van der Waals surface area contributed by atoms with Crippen LogP contribution >= 0.6 is 23.2 Å². The third-order valence-corrected chi connectivity index (χ3v) is 3.62. The predicted molar refractivity (Wildman–Crippen MR) is 82.9 cm³/mol. The molecule has 1 atom stereocenters. The Bertz CT molecular complexity index is 352. The van der Waals surface area contributed by atoms with Crippen molar-refractivity contribution >= 4 is 28.9 Å². The molecule has 1 aromatic carbocycles. The highest BCUT2D eigenvalue weighted by Gasteiger charge is 2.05. The summed E-state index contributed by atoms with van der Waals surface area (Å²) in [4.78, 5) is 0. The lowest BCUT2D eigenvalue weighted by molar-refractivity contribution is 0.578. The van der Waals surface area contributed by atoms with Crippen molar-refractivity contribution in [3.8, 4) is 0 Å². The highest BCUT2D eigenvalue weighted by Crippen LogP contribution is 2.26. The second-order valence-corrected chi connectivity index (χ2v) is 5.72. The van der Waals surface area contributed by atoms with Crippen LogP contribution in [-0.2, 0) is 0 Å². The van der Waals surface area contributed by atoms with Crippen molar-refractivity contribution in [3.05, 3.63) is 28.2 Å². The van der Waals surface area contributed by atoms with Crippen LogP contribution in [0, 0.1) is 0 Å². The zero-order valence-corrected chi connectivity index (χ0v) is 12.8. The summed E-state index contributed by atoms with van der Waals surface area (Å²) in [6.07, 6.45) is 7.79. The van der Waals surface area contributed by atoms with E-state index in [0.29, 0.717) is 16.1 Å². The third-order valence-electron chi connectivity index (χ3n) is 3.07. The first kappa shape index (κ1) is 15.7. The lowest BCUT2D eigenvalue weighted by atomic mass is 10.1. The van der Waals surface area contributed by atoms with Gasteiger partial charge in [0.05, 0.1) is 10.7 Å². The first-order chi connectivity index (χ1) is 8.63. The zero-order chi connectivity index (χ0) is 13.4. The summed E-state index contributed by atoms with van der Waals surface area (Å²) in [7, 11) is 0. The van der Waals surface area contributed by atoms with Gasteiger partial charge in [0, 0.05) is 11.1 Å². The molecule has 0 heterocycles. The van der Waals surface area contributed by atoms with Crippen LogP contribution in [-0.4, -0.2) is 6.04 Å². The van der Waals surface area contributed by atoms with E-state index in [4.69, 9.17) is 23.2 Å². The zero-order valence-electron chi connectivity index (χ0n) is 11.3. The van der Waals surface area contributed by atoms with Gasteiger partial charge in [0.1, 0.15) is 0 Å². The molecule has 1 nitrogen and oxygen atoms in total. The maximum Gasteiger partial charge on any atom is 0.0652 e. The van der Waals surface area contributed by atoms with E-state index >= 15 is 0 Å². The van der Waals surface area contributed by atoms with Gasteiger partial charge in [-0.2, -0.15) is 0 Å². The molecule has 0 radical (unpaired) electrons. The van der Waals surface area contributed by atoms with Gasteiger partial charge in [0.2, 0.25) is 0 Å². The van der Waals surface area contributed by atoms with Gasteiger partial charge in [0.25, 0.3) is 0 Å². The van der Waals surface area contributed by atoms with Crippen molar-refractivity contribution in [2.24, 2.45) is 0 Å². The molecule has 0 bridgehead atoms. The van der Waals surface area contributed by atoms with E-state index < -0.39 is 0 Å². The number of halogens is 2. The fraction of sp³-hybridized carbons (Fsp3) is 0.600. The number of hydrogen-bond donors (Lipinski definition) is 1. The number of benzene rings is 1. The van der Waals surface area contributed by atoms with Crippen LogP contribution in [0.5, 0.6) is 0 Å². The van der Waals surface area contributed by atoms with Crippen LogP contribution in [0.1, 0.15) is 52.4 Å². The molecule has 0 fully saturated rings. The molecule has 0 amide bonds. The lowest BCUT2D eigenvalue weighted by Gasteiger charge is -2.16. The second-order valence-electron chi connectivity index (χ2n) is 4.87. The molecule has 1 N–H and O–H groups in total. The molecular weight excluding hydrogens is 265 g/mol. The second kappa shape index (κ2) is 8.66. The molecule has 0 aliphatic rings. The summed E-state index contributed by atoms with van der Waals surface area (Å²) in [5.74, 6) is 0. The molecule has 0 aromatic heterocycles. The molecule has 0 saturated carbocycles. The number of hydrogen-bond acceptors (Lipinski definition) is 1. The average molecular weight is 288 g/mol. The maximum absolute atomic E-state index is 6.13. The van der Waals surface area contributed by atoms with Crippen LogP contribution < -0.4 is 5.32 Å². The molecule has 3 heteroatoms. The minimum absolute atomic E-state index is 0.449. The quantitative estimate of drug-likeness (QED) is 0.565. The summed E-state index contributed by atoms with van der Waals surface area (Å²) in [6, 6.07) is 6.03. The molecule has 0 saturated heterocycles. The molecule has 1 unspecified atom stereocenters. The Morgan fingerprint density at radius 3 is 2.50 bits per heavy atom. The molecule has 18 heavy (non-hydrogen) atoms. The highest BCUT2D eigenvalue weighted by atomic mass is 35.5. The van der Waals surface area contributed by atoms with Crippen LogP contribution in [0.3, 0.4) is 0 Å². The average Bonchev–Trinajstić information content (AvgIpc) is 2.32. The summed E-state index contributed by atoms with van der Waals surface area (Å²) in [5.41, 5.74) is 0.974. The molecule has 0 aliphatic carbocycles. The Labute approximate surface area is 121 Å². The fourth-order valence-electron chi connectivity index (χ4n) is 2.00. The Hall–Kier alpha value is -0.400. The van der Waals surface area contributed by atoms with Crippen molar-refractivity contribution < 1.29 is 0 Å². The maximum atomic E-state index is 6.13. The Kier molecular flexibility index (Phi) is 7.53. The van der Waals surface area contributed by atoms with Gasteiger partial charge in [-0.1, -0.05) is 62.2 Å². The van der Waals surface area contributed by atoms with E-state index in [1.807, 2.05) is 12.1 Å². The Morgan fingerprint density at radius 2 is 1.83 bits per heavy atom. The Morgan fingerprint density at radius 1 is 1.11 bits per heavy atom. The molecular formula is C15H23Cl2N. The standard InChI is InChI=1S/C15H23Cl2N/c1-3-4-5-6-7-8-12(2)18-15-10-9-13(16)11-14(15)17/h9-12,18H,3-8H2,1-2H3. The number of nitrogens with one attached hydrogen (secondary N) is 1. The van der Waals surface area contributed by atoms with Crippen molar-refractivity contribution in [2.75, 3.05) is 5.32 Å². The van der Waals surface area contributed by atoms with E-state index in [-0.39, 0.29) is 0 Å².